The van der Waals surface area contributed by atoms with E-state index < -0.39 is 17.9 Å². The molecule has 3 atom stereocenters. The van der Waals surface area contributed by atoms with Crippen molar-refractivity contribution < 1.29 is 22.7 Å². The Balaban J connectivity index is 1.54. The van der Waals surface area contributed by atoms with Gasteiger partial charge in [-0.05, 0) is 57.2 Å². The van der Waals surface area contributed by atoms with E-state index in [9.17, 15) is 18.0 Å². The fourth-order valence-corrected chi connectivity index (χ4v) is 4.56. The lowest BCUT2D eigenvalue weighted by molar-refractivity contribution is -0.189. The number of hydrogen-bond donors (Lipinski definition) is 2. The van der Waals surface area contributed by atoms with E-state index in [-0.39, 0.29) is 22.8 Å². The number of benzene rings is 1. The summed E-state index contributed by atoms with van der Waals surface area (Å²) in [6.07, 6.45) is -2.30. The van der Waals surface area contributed by atoms with Crippen molar-refractivity contribution in [2.24, 2.45) is 11.7 Å². The van der Waals surface area contributed by atoms with Crippen molar-refractivity contribution in [1.82, 2.24) is 5.32 Å². The van der Waals surface area contributed by atoms with Crippen LogP contribution in [0.2, 0.25) is 5.02 Å². The zero-order valence-electron chi connectivity index (χ0n) is 14.8. The first kappa shape index (κ1) is 20.6. The van der Waals surface area contributed by atoms with Crippen LogP contribution in [0, 0.1) is 5.92 Å². The summed E-state index contributed by atoms with van der Waals surface area (Å²) >= 11 is 7.77. The average molecular weight is 423 g/mol. The highest BCUT2D eigenvalue weighted by atomic mass is 35.5. The summed E-state index contributed by atoms with van der Waals surface area (Å²) in [6, 6.07) is 4.55. The van der Waals surface area contributed by atoms with Gasteiger partial charge in [0.15, 0.2) is 6.10 Å². The van der Waals surface area contributed by atoms with Crippen LogP contribution < -0.4 is 15.8 Å². The summed E-state index contributed by atoms with van der Waals surface area (Å²) in [5.74, 6) is 0.0298. The minimum Gasteiger partial charge on any atom is -0.481 e. The molecule has 9 heteroatoms. The molecule has 1 amide bonds. The molecule has 0 radical (unpaired) electrons. The predicted octanol–water partition coefficient (Wildman–Crippen LogP) is 4.50. The predicted molar refractivity (Wildman–Crippen MR) is 98.9 cm³/mol. The number of nitrogens with one attached hydrogen (secondary N) is 1. The second-order valence-corrected chi connectivity index (χ2v) is 9.04. The highest BCUT2D eigenvalue weighted by Crippen LogP contribution is 2.42. The van der Waals surface area contributed by atoms with E-state index in [4.69, 9.17) is 22.1 Å². The SMILES string of the molecule is C[C@H](Oc1ccc(S[C@H]2CC[C@H](C(=O)NC3(N)CC3)C2)c(Cl)c1)C(F)(F)F. The van der Waals surface area contributed by atoms with E-state index in [1.807, 2.05) is 0 Å². The Labute approximate surface area is 165 Å². The van der Waals surface area contributed by atoms with Gasteiger partial charge < -0.3 is 15.8 Å². The molecular weight excluding hydrogens is 401 g/mol. The summed E-state index contributed by atoms with van der Waals surface area (Å²) in [4.78, 5) is 13.0. The normalized spacial score (nSPS) is 25.1. The van der Waals surface area contributed by atoms with Crippen LogP contribution in [0.1, 0.15) is 39.0 Å². The number of carbonyl (C=O) groups excluding carboxylic acids is 1. The Bertz CT molecular complexity index is 712. The van der Waals surface area contributed by atoms with Gasteiger partial charge >= 0.3 is 6.18 Å². The number of hydrogen-bond acceptors (Lipinski definition) is 4. The molecule has 0 bridgehead atoms. The zero-order chi connectivity index (χ0) is 19.8. The number of amides is 1. The molecule has 4 nitrogen and oxygen atoms in total. The number of nitrogens with two attached hydrogens (primary N) is 1. The monoisotopic (exact) mass is 422 g/mol. The molecule has 3 rings (SSSR count). The van der Waals surface area contributed by atoms with Crippen LogP contribution in [-0.4, -0.2) is 29.1 Å². The molecule has 0 aliphatic heterocycles. The minimum absolute atomic E-state index is 0.00841. The van der Waals surface area contributed by atoms with Gasteiger partial charge in [-0.15, -0.1) is 11.8 Å². The summed E-state index contributed by atoms with van der Waals surface area (Å²) < 4.78 is 42.7. The summed E-state index contributed by atoms with van der Waals surface area (Å²) in [6.45, 7) is 0.952. The van der Waals surface area contributed by atoms with Gasteiger partial charge in [0.2, 0.25) is 5.91 Å². The van der Waals surface area contributed by atoms with Crippen molar-refractivity contribution in [2.75, 3.05) is 0 Å². The van der Waals surface area contributed by atoms with Gasteiger partial charge in [-0.3, -0.25) is 4.79 Å². The molecule has 3 N–H and O–H groups in total. The van der Waals surface area contributed by atoms with Crippen molar-refractivity contribution in [3.63, 3.8) is 0 Å². The van der Waals surface area contributed by atoms with Gasteiger partial charge in [-0.25, -0.2) is 0 Å². The molecule has 2 fully saturated rings. The number of alkyl halides is 3. The lowest BCUT2D eigenvalue weighted by atomic mass is 10.1. The van der Waals surface area contributed by atoms with Gasteiger partial charge in [0, 0.05) is 16.1 Å². The quantitative estimate of drug-likeness (QED) is 0.663. The maximum absolute atomic E-state index is 12.6. The Kier molecular flexibility index (Phi) is 5.89. The number of thioether (sulfide) groups is 1. The molecule has 27 heavy (non-hydrogen) atoms. The molecule has 0 unspecified atom stereocenters. The van der Waals surface area contributed by atoms with E-state index in [0.717, 1.165) is 43.9 Å². The maximum Gasteiger partial charge on any atom is 0.425 e. The third kappa shape index (κ3) is 5.45. The van der Waals surface area contributed by atoms with Gasteiger partial charge in [-0.1, -0.05) is 11.6 Å². The third-order valence-corrected chi connectivity index (χ3v) is 6.68. The molecule has 0 spiro atoms. The number of carbonyl (C=O) groups is 1. The fraction of sp³-hybridized carbons (Fsp3) is 0.611. The van der Waals surface area contributed by atoms with E-state index in [0.29, 0.717) is 5.02 Å². The van der Waals surface area contributed by atoms with E-state index in [1.54, 1.807) is 17.8 Å². The standard InChI is InChI=1S/C18H22ClF3N2O2S/c1-10(18(20,21)22)26-12-3-5-15(14(19)9-12)27-13-4-2-11(8-13)16(25)24-17(23)6-7-17/h3,5,9-11,13H,2,4,6-8,23H2,1H3,(H,24,25)/t10-,11-,13-/m0/s1. The number of ether oxygens (including phenoxy) is 1. The molecule has 0 heterocycles. The lowest BCUT2D eigenvalue weighted by Gasteiger charge is -2.18. The first-order chi connectivity index (χ1) is 12.6. The summed E-state index contributed by atoms with van der Waals surface area (Å²) in [5.41, 5.74) is 5.43. The average Bonchev–Trinajstić information content (AvgIpc) is 3.10. The van der Waals surface area contributed by atoms with Crippen LogP contribution in [0.15, 0.2) is 23.1 Å². The third-order valence-electron chi connectivity index (χ3n) is 4.89. The molecule has 0 aromatic heterocycles. The first-order valence-corrected chi connectivity index (χ1v) is 10.1. The molecule has 0 saturated heterocycles. The van der Waals surface area contributed by atoms with Crippen molar-refractivity contribution in [3.8, 4) is 5.75 Å². The molecule has 2 aliphatic rings. The number of rotatable bonds is 6. The van der Waals surface area contributed by atoms with Gasteiger partial charge in [-0.2, -0.15) is 13.2 Å². The van der Waals surface area contributed by atoms with Crippen molar-refractivity contribution in [1.29, 1.82) is 0 Å². The van der Waals surface area contributed by atoms with Crippen molar-refractivity contribution in [3.05, 3.63) is 23.2 Å². The Morgan fingerprint density at radius 3 is 2.70 bits per heavy atom. The fourth-order valence-electron chi connectivity index (χ4n) is 2.99. The summed E-state index contributed by atoms with van der Waals surface area (Å²) in [7, 11) is 0. The van der Waals surface area contributed by atoms with Crippen molar-refractivity contribution >= 4 is 29.3 Å². The van der Waals surface area contributed by atoms with Crippen LogP contribution in [-0.2, 0) is 4.79 Å². The topological polar surface area (TPSA) is 64.3 Å². The van der Waals surface area contributed by atoms with Crippen molar-refractivity contribution in [2.45, 2.75) is 67.1 Å². The van der Waals surface area contributed by atoms with Gasteiger partial charge in [0.1, 0.15) is 5.75 Å². The highest BCUT2D eigenvalue weighted by Gasteiger charge is 2.42. The minimum atomic E-state index is -4.43. The van der Waals surface area contributed by atoms with Crippen LogP contribution >= 0.6 is 23.4 Å². The second-order valence-electron chi connectivity index (χ2n) is 7.29. The van der Waals surface area contributed by atoms with Crippen LogP contribution in [0.4, 0.5) is 13.2 Å². The van der Waals surface area contributed by atoms with Crippen LogP contribution in [0.3, 0.4) is 0 Å². The summed E-state index contributed by atoms with van der Waals surface area (Å²) in [5, 5.41) is 3.48. The molecule has 2 aliphatic carbocycles. The molecule has 150 valence electrons. The molecule has 1 aromatic carbocycles. The van der Waals surface area contributed by atoms with Crippen LogP contribution in [0.25, 0.3) is 0 Å². The Morgan fingerprint density at radius 2 is 2.11 bits per heavy atom. The smallest absolute Gasteiger partial charge is 0.425 e. The van der Waals surface area contributed by atoms with Gasteiger partial charge in [0.25, 0.3) is 0 Å². The Morgan fingerprint density at radius 1 is 1.41 bits per heavy atom. The largest absolute Gasteiger partial charge is 0.481 e. The molecule has 2 saturated carbocycles. The highest BCUT2D eigenvalue weighted by molar-refractivity contribution is 8.00. The Hall–Kier alpha value is -1.12. The zero-order valence-corrected chi connectivity index (χ0v) is 16.4. The second kappa shape index (κ2) is 7.72. The van der Waals surface area contributed by atoms with Gasteiger partial charge in [0.05, 0.1) is 10.7 Å². The van der Waals surface area contributed by atoms with E-state index in [1.165, 1.54) is 12.1 Å². The molecule has 1 aromatic rings. The van der Waals surface area contributed by atoms with Crippen LogP contribution in [0.5, 0.6) is 5.75 Å². The first-order valence-electron chi connectivity index (χ1n) is 8.86. The van der Waals surface area contributed by atoms with E-state index in [2.05, 4.69) is 5.32 Å². The number of halogens is 4. The molecular formula is C18H22ClF3N2O2S. The lowest BCUT2D eigenvalue weighted by Crippen LogP contribution is -2.46. The van der Waals surface area contributed by atoms with E-state index >= 15 is 0 Å². The maximum atomic E-state index is 12.6.